The Kier molecular flexibility index (Phi) is 6.19. The lowest BCUT2D eigenvalue weighted by atomic mass is 10.0. The SMILES string of the molecule is C=CCc1cc(Oc2ncc(C)cn2)cc2c(C(C)=O)nn(CC(=O)OC(C)(C)C)c12. The lowest BCUT2D eigenvalue weighted by Gasteiger charge is -2.19. The number of fused-ring (bicyclic) bond motifs is 1. The first-order valence-electron chi connectivity index (χ1n) is 9.91. The molecule has 0 radical (unpaired) electrons. The van der Waals surface area contributed by atoms with Crippen LogP contribution in [0.15, 0.2) is 37.2 Å². The second kappa shape index (κ2) is 8.67. The van der Waals surface area contributed by atoms with E-state index in [1.54, 1.807) is 45.3 Å². The molecule has 0 aliphatic heterocycles. The van der Waals surface area contributed by atoms with Crippen LogP contribution in [0.4, 0.5) is 0 Å². The fourth-order valence-corrected chi connectivity index (χ4v) is 3.15. The number of rotatable bonds is 7. The fraction of sp³-hybridized carbons (Fsp3) is 0.348. The molecule has 8 heteroatoms. The zero-order valence-electron chi connectivity index (χ0n) is 18.4. The number of carbonyl (C=O) groups excluding carboxylic acids is 2. The van der Waals surface area contributed by atoms with E-state index in [1.807, 2.05) is 13.0 Å². The molecule has 0 bridgehead atoms. The lowest BCUT2D eigenvalue weighted by molar-refractivity contribution is -0.155. The van der Waals surface area contributed by atoms with Gasteiger partial charge in [0.05, 0.1) is 5.52 Å². The average Bonchev–Trinajstić information content (AvgIpc) is 3.01. The summed E-state index contributed by atoms with van der Waals surface area (Å²) in [6.07, 6.45) is 5.54. The Morgan fingerprint density at radius 3 is 2.45 bits per heavy atom. The number of allylic oxidation sites excluding steroid dienone is 1. The smallest absolute Gasteiger partial charge is 0.328 e. The topological polar surface area (TPSA) is 96.2 Å². The van der Waals surface area contributed by atoms with Crippen molar-refractivity contribution >= 4 is 22.7 Å². The van der Waals surface area contributed by atoms with E-state index >= 15 is 0 Å². The van der Waals surface area contributed by atoms with Gasteiger partial charge in [0, 0.05) is 24.7 Å². The van der Waals surface area contributed by atoms with E-state index in [4.69, 9.17) is 9.47 Å². The van der Waals surface area contributed by atoms with Crippen molar-refractivity contribution in [3.8, 4) is 11.8 Å². The second-order valence-electron chi connectivity index (χ2n) is 8.27. The first-order valence-corrected chi connectivity index (χ1v) is 9.91. The minimum atomic E-state index is -0.623. The summed E-state index contributed by atoms with van der Waals surface area (Å²) in [5.41, 5.74) is 2.01. The van der Waals surface area contributed by atoms with Gasteiger partial charge in [-0.3, -0.25) is 14.3 Å². The quantitative estimate of drug-likeness (QED) is 0.320. The molecule has 162 valence electrons. The number of hydrogen-bond donors (Lipinski definition) is 0. The Labute approximate surface area is 180 Å². The van der Waals surface area contributed by atoms with E-state index in [-0.39, 0.29) is 24.0 Å². The molecule has 0 fully saturated rings. The summed E-state index contributed by atoms with van der Waals surface area (Å²) in [6.45, 7) is 12.4. The van der Waals surface area contributed by atoms with Gasteiger partial charge in [-0.05, 0) is 57.4 Å². The van der Waals surface area contributed by atoms with Gasteiger partial charge in [-0.2, -0.15) is 5.10 Å². The summed E-state index contributed by atoms with van der Waals surface area (Å²) in [4.78, 5) is 33.0. The molecule has 1 aromatic carbocycles. The van der Waals surface area contributed by atoms with Crippen molar-refractivity contribution in [2.75, 3.05) is 0 Å². The molecule has 0 atom stereocenters. The number of ketones is 1. The van der Waals surface area contributed by atoms with Crippen LogP contribution in [0.3, 0.4) is 0 Å². The third-order valence-corrected chi connectivity index (χ3v) is 4.26. The molecule has 0 aliphatic carbocycles. The first kappa shape index (κ1) is 22.1. The molecule has 0 spiro atoms. The molecule has 0 N–H and O–H groups in total. The number of nitrogens with zero attached hydrogens (tertiary/aromatic N) is 4. The summed E-state index contributed by atoms with van der Waals surface area (Å²) < 4.78 is 12.8. The van der Waals surface area contributed by atoms with Crippen LogP contribution in [-0.2, 0) is 22.5 Å². The minimum absolute atomic E-state index is 0.119. The van der Waals surface area contributed by atoms with Crippen molar-refractivity contribution in [1.82, 2.24) is 19.7 Å². The Morgan fingerprint density at radius 2 is 1.87 bits per heavy atom. The van der Waals surface area contributed by atoms with Gasteiger partial charge in [-0.1, -0.05) is 6.08 Å². The van der Waals surface area contributed by atoms with Crippen molar-refractivity contribution in [1.29, 1.82) is 0 Å². The van der Waals surface area contributed by atoms with E-state index in [1.165, 1.54) is 11.6 Å². The number of aromatic nitrogens is 4. The molecule has 31 heavy (non-hydrogen) atoms. The molecule has 0 unspecified atom stereocenters. The number of benzene rings is 1. The van der Waals surface area contributed by atoms with Crippen molar-refractivity contribution in [2.24, 2.45) is 0 Å². The zero-order valence-corrected chi connectivity index (χ0v) is 18.4. The number of ether oxygens (including phenoxy) is 2. The normalized spacial score (nSPS) is 11.4. The van der Waals surface area contributed by atoms with Crippen LogP contribution >= 0.6 is 0 Å². The molecule has 8 nitrogen and oxygen atoms in total. The van der Waals surface area contributed by atoms with E-state index in [2.05, 4.69) is 21.6 Å². The highest BCUT2D eigenvalue weighted by Crippen LogP contribution is 2.31. The number of carbonyl (C=O) groups is 2. The Bertz CT molecular complexity index is 1140. The third-order valence-electron chi connectivity index (χ3n) is 4.26. The maximum Gasteiger partial charge on any atom is 0.328 e. The van der Waals surface area contributed by atoms with Crippen LogP contribution in [-0.4, -0.2) is 37.1 Å². The van der Waals surface area contributed by atoms with Gasteiger partial charge in [0.15, 0.2) is 5.78 Å². The van der Waals surface area contributed by atoms with Crippen LogP contribution < -0.4 is 4.74 Å². The van der Waals surface area contributed by atoms with Crippen LogP contribution in [0, 0.1) is 6.92 Å². The molecular formula is C23H26N4O4. The van der Waals surface area contributed by atoms with Crippen LogP contribution in [0.2, 0.25) is 0 Å². The highest BCUT2D eigenvalue weighted by molar-refractivity contribution is 6.06. The molecule has 2 aromatic heterocycles. The van der Waals surface area contributed by atoms with E-state index < -0.39 is 11.6 Å². The van der Waals surface area contributed by atoms with Crippen LogP contribution in [0.1, 0.15) is 49.3 Å². The predicted octanol–water partition coefficient (Wildman–Crippen LogP) is 4.20. The number of esters is 1. The van der Waals surface area contributed by atoms with Gasteiger partial charge in [-0.25, -0.2) is 9.97 Å². The zero-order chi connectivity index (χ0) is 22.8. The number of Topliss-reactive ketones (excluding diaryl/α,β-unsaturated/α-hetero) is 1. The lowest BCUT2D eigenvalue weighted by Crippen LogP contribution is -2.27. The van der Waals surface area contributed by atoms with Gasteiger partial charge in [0.25, 0.3) is 0 Å². The van der Waals surface area contributed by atoms with E-state index in [0.717, 1.165) is 11.1 Å². The molecule has 0 aliphatic rings. The highest BCUT2D eigenvalue weighted by atomic mass is 16.6. The van der Waals surface area contributed by atoms with Gasteiger partial charge >= 0.3 is 12.0 Å². The summed E-state index contributed by atoms with van der Waals surface area (Å²) >= 11 is 0. The minimum Gasteiger partial charge on any atom is -0.459 e. The molecule has 0 saturated carbocycles. The largest absolute Gasteiger partial charge is 0.459 e. The molecule has 3 rings (SSSR count). The van der Waals surface area contributed by atoms with Crippen molar-refractivity contribution in [2.45, 2.75) is 53.2 Å². The summed E-state index contributed by atoms with van der Waals surface area (Å²) in [5, 5.41) is 4.99. The third kappa shape index (κ3) is 5.33. The summed E-state index contributed by atoms with van der Waals surface area (Å²) in [6, 6.07) is 3.71. The van der Waals surface area contributed by atoms with Crippen molar-refractivity contribution < 1.29 is 19.1 Å². The fourth-order valence-electron chi connectivity index (χ4n) is 3.15. The Balaban J connectivity index is 2.09. The first-order chi connectivity index (χ1) is 14.6. The highest BCUT2D eigenvalue weighted by Gasteiger charge is 2.22. The Hall–Kier alpha value is -3.55. The average molecular weight is 422 g/mol. The maximum atomic E-state index is 12.4. The van der Waals surface area contributed by atoms with Gasteiger partial charge in [0.1, 0.15) is 23.6 Å². The predicted molar refractivity (Wildman–Crippen MR) is 116 cm³/mol. The maximum absolute atomic E-state index is 12.4. The van der Waals surface area contributed by atoms with E-state index in [9.17, 15) is 9.59 Å². The van der Waals surface area contributed by atoms with Crippen molar-refractivity contribution in [3.05, 3.63) is 54.0 Å². The molecule has 0 saturated heterocycles. The number of aryl methyl sites for hydroxylation is 1. The standard InChI is InChI=1S/C23H26N4O4/c1-7-8-16-9-17(30-22-24-11-14(2)12-25-22)10-18-20(15(3)28)26-27(21(16)18)13-19(29)31-23(4,5)6/h7,9-12H,1,8,13H2,2-6H3. The van der Waals surface area contributed by atoms with Crippen LogP contribution in [0.25, 0.3) is 10.9 Å². The molecular weight excluding hydrogens is 396 g/mol. The monoisotopic (exact) mass is 422 g/mol. The molecule has 3 aromatic rings. The Morgan fingerprint density at radius 1 is 1.19 bits per heavy atom. The summed E-state index contributed by atoms with van der Waals surface area (Å²) in [7, 11) is 0. The van der Waals surface area contributed by atoms with Crippen molar-refractivity contribution in [3.63, 3.8) is 0 Å². The van der Waals surface area contributed by atoms with E-state index in [0.29, 0.717) is 23.1 Å². The van der Waals surface area contributed by atoms with Gasteiger partial charge in [-0.15, -0.1) is 6.58 Å². The molecule has 2 heterocycles. The second-order valence-corrected chi connectivity index (χ2v) is 8.27. The van der Waals surface area contributed by atoms with Gasteiger partial charge < -0.3 is 9.47 Å². The van der Waals surface area contributed by atoms with Gasteiger partial charge in [0.2, 0.25) is 0 Å². The molecule has 0 amide bonds. The number of hydrogen-bond acceptors (Lipinski definition) is 7. The van der Waals surface area contributed by atoms with Crippen LogP contribution in [0.5, 0.6) is 11.8 Å². The summed E-state index contributed by atoms with van der Waals surface area (Å²) in [5.74, 6) is -0.196.